The molecule has 0 bridgehead atoms. The van der Waals surface area contributed by atoms with Gasteiger partial charge in [0.1, 0.15) is 12.6 Å². The van der Waals surface area contributed by atoms with Gasteiger partial charge in [-0.05, 0) is 49.8 Å². The molecule has 1 aliphatic carbocycles. The summed E-state index contributed by atoms with van der Waals surface area (Å²) in [5, 5.41) is 13.3. The van der Waals surface area contributed by atoms with Crippen molar-refractivity contribution in [1.82, 2.24) is 14.9 Å². The number of benzene rings is 1. The van der Waals surface area contributed by atoms with Crippen LogP contribution in [0.15, 0.2) is 34.1 Å². The van der Waals surface area contributed by atoms with Crippen LogP contribution in [0, 0.1) is 5.92 Å². The first kappa shape index (κ1) is 39.9. The zero-order valence-electron chi connectivity index (χ0n) is 31.3. The molecule has 294 valence electrons. The van der Waals surface area contributed by atoms with E-state index in [9.17, 15) is 29.1 Å². The maximum Gasteiger partial charge on any atom is 0.355 e. The highest BCUT2D eigenvalue weighted by molar-refractivity contribution is 6.11. The summed E-state index contributed by atoms with van der Waals surface area (Å²) in [6, 6.07) is 5.20. The summed E-state index contributed by atoms with van der Waals surface area (Å²) >= 11 is 0. The van der Waals surface area contributed by atoms with Gasteiger partial charge >= 0.3 is 17.9 Å². The van der Waals surface area contributed by atoms with Crippen molar-refractivity contribution in [3.63, 3.8) is 0 Å². The number of rotatable bonds is 14. The number of hydrogen-bond donors (Lipinski definition) is 3. The Labute approximate surface area is 325 Å². The monoisotopic (exact) mass is 776 g/mol. The Morgan fingerprint density at radius 2 is 1.91 bits per heavy atom. The van der Waals surface area contributed by atoms with Crippen molar-refractivity contribution in [1.29, 1.82) is 0 Å². The van der Waals surface area contributed by atoms with Gasteiger partial charge in [-0.3, -0.25) is 14.4 Å². The van der Waals surface area contributed by atoms with E-state index in [1.165, 1.54) is 0 Å². The van der Waals surface area contributed by atoms with Crippen LogP contribution in [0.1, 0.15) is 108 Å². The number of carboxylic acids is 1. The normalized spacial score (nSPS) is 19.4. The molecule has 4 aliphatic rings. The number of hydrogen-bond acceptors (Lipinski definition) is 11. The van der Waals surface area contributed by atoms with Gasteiger partial charge in [-0.1, -0.05) is 64.9 Å². The molecular weight excluding hydrogens is 728 g/mol. The number of aliphatic carboxylic acids is 1. The van der Waals surface area contributed by atoms with Crippen molar-refractivity contribution >= 4 is 64.8 Å². The number of carbonyl (C=O) groups is 4. The van der Waals surface area contributed by atoms with Crippen molar-refractivity contribution in [3.05, 3.63) is 51.3 Å². The van der Waals surface area contributed by atoms with Crippen LogP contribution in [0.5, 0.6) is 0 Å². The van der Waals surface area contributed by atoms with Crippen LogP contribution in [0.4, 0.5) is 11.4 Å². The average molecular weight is 777 g/mol. The number of nitrogens with two attached hydrogens (primary N) is 1. The van der Waals surface area contributed by atoms with Gasteiger partial charge in [0.2, 0.25) is 11.5 Å². The molecule has 0 radical (unpaired) electrons. The fraction of sp³-hybridized carbons (Fsp3) is 0.525. The van der Waals surface area contributed by atoms with Crippen LogP contribution in [-0.2, 0) is 47.4 Å². The Morgan fingerprint density at radius 3 is 2.64 bits per heavy atom. The molecule has 3 aliphatic heterocycles. The van der Waals surface area contributed by atoms with Gasteiger partial charge in [-0.15, -0.1) is 12.4 Å². The highest BCUT2D eigenvalue weighted by Gasteiger charge is 2.50. The molecule has 1 saturated carbocycles. The van der Waals surface area contributed by atoms with E-state index in [4.69, 9.17) is 25.2 Å². The molecule has 0 saturated heterocycles. The summed E-state index contributed by atoms with van der Waals surface area (Å²) in [6.07, 6.45) is 9.93. The molecule has 3 aromatic rings. The minimum absolute atomic E-state index is 0. The first-order chi connectivity index (χ1) is 26.1. The Kier molecular flexibility index (Phi) is 12.0. The predicted octanol–water partition coefficient (Wildman–Crippen LogP) is 5.37. The third kappa shape index (κ3) is 7.45. The number of aliphatic imine (C=N–C) groups is 1. The van der Waals surface area contributed by atoms with Crippen LogP contribution >= 0.6 is 12.4 Å². The molecule has 15 heteroatoms. The number of fused-ring (bicyclic) bond motifs is 5. The lowest BCUT2D eigenvalue weighted by molar-refractivity contribution is -0.189. The lowest BCUT2D eigenvalue weighted by atomic mass is 9.85. The number of nitrogens with one attached hydrogen (secondary N) is 1. The molecule has 1 aromatic carbocycles. The van der Waals surface area contributed by atoms with Gasteiger partial charge in [0.05, 0.1) is 58.2 Å². The molecular formula is C40H49ClN6O8. The van der Waals surface area contributed by atoms with E-state index in [1.54, 1.807) is 17.6 Å². The zero-order valence-corrected chi connectivity index (χ0v) is 32.1. The quantitative estimate of drug-likeness (QED) is 0.110. The summed E-state index contributed by atoms with van der Waals surface area (Å²) in [6.45, 7) is 4.51. The number of esters is 2. The average Bonchev–Trinajstić information content (AvgIpc) is 3.54. The highest BCUT2D eigenvalue weighted by atomic mass is 35.5. The predicted molar refractivity (Wildman–Crippen MR) is 209 cm³/mol. The number of carbonyl (C=O) groups excluding carboxylic acids is 3. The van der Waals surface area contributed by atoms with E-state index in [0.29, 0.717) is 23.7 Å². The Morgan fingerprint density at radius 1 is 1.13 bits per heavy atom. The summed E-state index contributed by atoms with van der Waals surface area (Å²) in [5.41, 5.74) is 8.67. The summed E-state index contributed by atoms with van der Waals surface area (Å²) < 4.78 is 13.1. The van der Waals surface area contributed by atoms with Gasteiger partial charge in [0, 0.05) is 24.1 Å². The largest absolute Gasteiger partial charge is 0.480 e. The summed E-state index contributed by atoms with van der Waals surface area (Å²) in [7, 11) is 0. The first-order valence-electron chi connectivity index (χ1n) is 19.3. The Bertz CT molecular complexity index is 2100. The molecule has 14 nitrogen and oxygen atoms in total. The second kappa shape index (κ2) is 16.5. The van der Waals surface area contributed by atoms with E-state index >= 15 is 0 Å². The molecule has 3 atom stereocenters. The van der Waals surface area contributed by atoms with Crippen molar-refractivity contribution < 1.29 is 33.8 Å². The molecule has 1 amide bonds. The number of nitrogens with zero attached hydrogens (tertiary/aromatic N) is 4. The molecule has 55 heavy (non-hydrogen) atoms. The van der Waals surface area contributed by atoms with Gasteiger partial charge < -0.3 is 35.1 Å². The SMILES string of the molecule is CCCCCN1C=Nc2cccc3nc4c(c1c23)Cn1c-4cc2c(c1=O)COC(=O)[C@@]2(CC)OC(=O)CC[C@@H](NC(=O)[C@H](N)CC1CCCCC1)C(=O)O.Cl. The van der Waals surface area contributed by atoms with E-state index in [-0.39, 0.29) is 55.1 Å². The number of ether oxygens (including phenoxy) is 2. The van der Waals surface area contributed by atoms with Crippen LogP contribution in [0.2, 0.25) is 0 Å². The number of amides is 1. The minimum atomic E-state index is -1.95. The number of unbranched alkanes of at least 4 members (excludes halogenated alkanes) is 2. The molecule has 0 unspecified atom stereocenters. The summed E-state index contributed by atoms with van der Waals surface area (Å²) in [4.78, 5) is 78.2. The lowest BCUT2D eigenvalue weighted by Gasteiger charge is -2.35. The van der Waals surface area contributed by atoms with Gasteiger partial charge in [0.15, 0.2) is 0 Å². The second-order valence-corrected chi connectivity index (χ2v) is 14.9. The van der Waals surface area contributed by atoms with Crippen LogP contribution < -0.4 is 21.5 Å². The first-order valence-corrected chi connectivity index (χ1v) is 19.3. The van der Waals surface area contributed by atoms with Gasteiger partial charge in [0.25, 0.3) is 5.56 Å². The maximum atomic E-state index is 14.3. The van der Waals surface area contributed by atoms with Gasteiger partial charge in [-0.2, -0.15) is 0 Å². The van der Waals surface area contributed by atoms with E-state index in [1.807, 2.05) is 24.5 Å². The fourth-order valence-corrected chi connectivity index (χ4v) is 8.49. The number of cyclic esters (lactones) is 1. The summed E-state index contributed by atoms with van der Waals surface area (Å²) in [5.74, 6) is -3.29. The van der Waals surface area contributed by atoms with Gasteiger partial charge in [-0.25, -0.2) is 19.6 Å². The van der Waals surface area contributed by atoms with Crippen molar-refractivity contribution in [2.45, 2.75) is 122 Å². The van der Waals surface area contributed by atoms with E-state index in [0.717, 1.165) is 85.8 Å². The van der Waals surface area contributed by atoms with E-state index in [2.05, 4.69) is 17.1 Å². The standard InChI is InChI=1S/C40H48N6O8.ClH/c1-3-5-9-17-45-22-42-28-13-10-14-29-33(28)35(45)24-20-46-31(34(24)43-29)19-26-25(37(46)49)21-53-39(52)40(26,4-2)54-32(47)16-15-30(38(50)51)44-36(48)27(41)18-23-11-7-6-8-12-23;/h10,13-14,19,22-23,27,30H,3-9,11-12,15-18,20-21,41H2,1-2H3,(H,44,48)(H,50,51);1H/t27-,30-,40+;/m1./s1. The lowest BCUT2D eigenvalue weighted by Crippen LogP contribution is -2.49. The Hall–Kier alpha value is -4.82. The highest BCUT2D eigenvalue weighted by Crippen LogP contribution is 2.47. The smallest absolute Gasteiger partial charge is 0.355 e. The topological polar surface area (TPSA) is 196 Å². The van der Waals surface area contributed by atoms with Crippen molar-refractivity contribution in [3.8, 4) is 11.4 Å². The van der Waals surface area contributed by atoms with Crippen molar-refractivity contribution in [2.75, 3.05) is 11.4 Å². The number of aromatic nitrogens is 2. The zero-order chi connectivity index (χ0) is 38.1. The Balaban J connectivity index is 0.00000514. The third-order valence-corrected chi connectivity index (χ3v) is 11.4. The van der Waals surface area contributed by atoms with Crippen LogP contribution in [-0.4, -0.2) is 63.4 Å². The number of pyridine rings is 2. The second-order valence-electron chi connectivity index (χ2n) is 14.9. The van der Waals surface area contributed by atoms with E-state index < -0.39 is 47.9 Å². The fourth-order valence-electron chi connectivity index (χ4n) is 8.49. The van der Waals surface area contributed by atoms with Crippen molar-refractivity contribution in [2.24, 2.45) is 16.6 Å². The van der Waals surface area contributed by atoms with Crippen LogP contribution in [0.25, 0.3) is 22.3 Å². The number of anilines is 1. The molecule has 7 rings (SSSR count). The maximum absolute atomic E-state index is 14.3. The number of carboxylic acid groups (broad SMARTS) is 1. The molecule has 4 N–H and O–H groups in total. The molecule has 1 fully saturated rings. The molecule has 2 aromatic heterocycles. The minimum Gasteiger partial charge on any atom is -0.480 e. The third-order valence-electron chi connectivity index (χ3n) is 11.4. The molecule has 0 spiro atoms. The number of halogens is 1. The molecule has 5 heterocycles. The van der Waals surface area contributed by atoms with Crippen LogP contribution in [0.3, 0.4) is 0 Å².